The van der Waals surface area contributed by atoms with Gasteiger partial charge in [-0.1, -0.05) is 108 Å². The first-order chi connectivity index (χ1) is 20.8. The molecule has 4 heteroatoms. The Labute approximate surface area is 243 Å². The molecule has 0 aliphatic rings. The molecule has 0 fully saturated rings. The molecule has 0 bridgehead atoms. The van der Waals surface area contributed by atoms with E-state index in [2.05, 4.69) is 66.7 Å². The van der Waals surface area contributed by atoms with Crippen LogP contribution in [0, 0.1) is 0 Å². The number of aromatic nitrogens is 2. The van der Waals surface area contributed by atoms with Gasteiger partial charge in [0.25, 0.3) is 0 Å². The van der Waals surface area contributed by atoms with E-state index in [-0.39, 0.29) is 0 Å². The van der Waals surface area contributed by atoms with Crippen LogP contribution in [0.1, 0.15) is 0 Å². The van der Waals surface area contributed by atoms with Crippen molar-refractivity contribution >= 4 is 61.8 Å². The van der Waals surface area contributed by atoms with E-state index in [1.54, 1.807) is 0 Å². The molecule has 0 N–H and O–H groups in total. The van der Waals surface area contributed by atoms with Crippen molar-refractivity contribution in [3.05, 3.63) is 146 Å². The minimum Gasteiger partial charge on any atom is -0.256 e. The molecule has 0 aliphatic heterocycles. The van der Waals surface area contributed by atoms with Gasteiger partial charge in [-0.25, -0.2) is 4.98 Å². The Morgan fingerprint density at radius 1 is 0.524 bits per heavy atom. The van der Waals surface area contributed by atoms with Crippen molar-refractivity contribution in [3.8, 4) is 22.4 Å². The number of pyridine rings is 2. The third-order valence-electron chi connectivity index (χ3n) is 7.97. The summed E-state index contributed by atoms with van der Waals surface area (Å²) in [7, 11) is -1.86. The van der Waals surface area contributed by atoms with Gasteiger partial charge < -0.3 is 0 Å². The molecular formula is C38H24N2OP+. The second-order valence-corrected chi connectivity index (χ2v) is 12.0. The first-order valence-electron chi connectivity index (χ1n) is 14.0. The van der Waals surface area contributed by atoms with Crippen LogP contribution in [0.5, 0.6) is 0 Å². The highest BCUT2D eigenvalue weighted by atomic mass is 31.1. The lowest BCUT2D eigenvalue weighted by atomic mass is 9.93. The maximum atomic E-state index is 14.2. The summed E-state index contributed by atoms with van der Waals surface area (Å²) in [5, 5.41) is 8.13. The highest BCUT2D eigenvalue weighted by Crippen LogP contribution is 2.41. The summed E-state index contributed by atoms with van der Waals surface area (Å²) in [4.78, 5) is 10.2. The van der Waals surface area contributed by atoms with Gasteiger partial charge in [-0.05, 0) is 41.3 Å². The van der Waals surface area contributed by atoms with Crippen molar-refractivity contribution in [1.29, 1.82) is 0 Å². The summed E-state index contributed by atoms with van der Waals surface area (Å²) in [6.07, 6.45) is 1.95. The highest BCUT2D eigenvalue weighted by molar-refractivity contribution is 7.61. The van der Waals surface area contributed by atoms with E-state index in [9.17, 15) is 4.57 Å². The molecule has 2 aromatic heterocycles. The lowest BCUT2D eigenvalue weighted by Crippen LogP contribution is -2.10. The number of benzene rings is 6. The van der Waals surface area contributed by atoms with Gasteiger partial charge in [0.15, 0.2) is 5.30 Å². The Kier molecular flexibility index (Phi) is 5.84. The van der Waals surface area contributed by atoms with E-state index >= 15 is 0 Å². The van der Waals surface area contributed by atoms with Crippen molar-refractivity contribution in [1.82, 2.24) is 9.97 Å². The fourth-order valence-electron chi connectivity index (χ4n) is 6.01. The monoisotopic (exact) mass is 555 g/mol. The van der Waals surface area contributed by atoms with Gasteiger partial charge in [0, 0.05) is 50.3 Å². The number of fused-ring (bicyclic) bond motifs is 7. The zero-order chi connectivity index (χ0) is 28.0. The summed E-state index contributed by atoms with van der Waals surface area (Å²) in [6, 6.07) is 47.2. The lowest BCUT2D eigenvalue weighted by Gasteiger charge is -2.15. The molecule has 0 saturated heterocycles. The minimum atomic E-state index is -1.86. The zero-order valence-corrected chi connectivity index (χ0v) is 23.5. The summed E-state index contributed by atoms with van der Waals surface area (Å²) >= 11 is 0. The van der Waals surface area contributed by atoms with E-state index in [0.717, 1.165) is 76.3 Å². The van der Waals surface area contributed by atoms with E-state index in [1.807, 2.05) is 79.0 Å². The third-order valence-corrected chi connectivity index (χ3v) is 9.54. The standard InChI is InChI=1S/C38H24N2OP/c41-42(28-17-8-3-9-18-28)35-23-34-32(22-31(35)25-12-4-1-5-13-25)36-30(38(40-34)26-14-6-2-7-15-26)20-21-33-37(36)29-19-11-10-16-27(29)24-39-33/h1-24H/q+1. The van der Waals surface area contributed by atoms with Gasteiger partial charge >= 0.3 is 7.80 Å². The second kappa shape index (κ2) is 9.99. The van der Waals surface area contributed by atoms with Crippen LogP contribution in [-0.2, 0) is 4.57 Å². The van der Waals surface area contributed by atoms with Crippen LogP contribution in [0.4, 0.5) is 0 Å². The smallest absolute Gasteiger partial charge is 0.256 e. The van der Waals surface area contributed by atoms with Gasteiger partial charge in [-0.3, -0.25) is 4.98 Å². The topological polar surface area (TPSA) is 42.9 Å². The fourth-order valence-corrected chi connectivity index (χ4v) is 7.38. The van der Waals surface area contributed by atoms with Crippen molar-refractivity contribution in [2.24, 2.45) is 0 Å². The highest BCUT2D eigenvalue weighted by Gasteiger charge is 2.29. The molecule has 0 radical (unpaired) electrons. The van der Waals surface area contributed by atoms with Gasteiger partial charge in [0.2, 0.25) is 5.30 Å². The van der Waals surface area contributed by atoms with Gasteiger partial charge in [0.05, 0.1) is 16.7 Å². The molecule has 3 nitrogen and oxygen atoms in total. The molecule has 2 heterocycles. The van der Waals surface area contributed by atoms with E-state index in [4.69, 9.17) is 9.97 Å². The fraction of sp³-hybridized carbons (Fsp3) is 0. The molecular weight excluding hydrogens is 531 g/mol. The quantitative estimate of drug-likeness (QED) is 0.161. The van der Waals surface area contributed by atoms with Crippen LogP contribution in [-0.4, -0.2) is 9.97 Å². The molecule has 0 spiro atoms. The average Bonchev–Trinajstić information content (AvgIpc) is 3.07. The molecule has 8 aromatic rings. The summed E-state index contributed by atoms with van der Waals surface area (Å²) in [5.41, 5.74) is 5.68. The van der Waals surface area contributed by atoms with Crippen molar-refractivity contribution in [2.75, 3.05) is 0 Å². The maximum absolute atomic E-state index is 14.2. The Morgan fingerprint density at radius 2 is 1.19 bits per heavy atom. The molecule has 0 aliphatic carbocycles. The Bertz CT molecular complexity index is 2300. The predicted octanol–water partition coefficient (Wildman–Crippen LogP) is 9.20. The minimum absolute atomic E-state index is 0.781. The first-order valence-corrected chi connectivity index (χ1v) is 15.2. The molecule has 1 atom stereocenters. The van der Waals surface area contributed by atoms with Crippen molar-refractivity contribution in [2.45, 2.75) is 0 Å². The second-order valence-electron chi connectivity index (χ2n) is 10.4. The zero-order valence-electron chi connectivity index (χ0n) is 22.6. The predicted molar refractivity (Wildman–Crippen MR) is 176 cm³/mol. The Morgan fingerprint density at radius 3 is 1.95 bits per heavy atom. The maximum Gasteiger partial charge on any atom is 0.416 e. The van der Waals surface area contributed by atoms with Crippen LogP contribution in [0.2, 0.25) is 0 Å². The van der Waals surface area contributed by atoms with E-state index in [1.165, 1.54) is 0 Å². The molecule has 42 heavy (non-hydrogen) atoms. The van der Waals surface area contributed by atoms with Crippen LogP contribution in [0.25, 0.3) is 65.7 Å². The summed E-state index contributed by atoms with van der Waals surface area (Å²) in [5.74, 6) is 0. The number of hydrogen-bond donors (Lipinski definition) is 0. The molecule has 0 saturated carbocycles. The summed E-state index contributed by atoms with van der Waals surface area (Å²) < 4.78 is 14.2. The SMILES string of the molecule is O=[P+](c1ccccc1)c1cc2nc(-c3ccccc3)c3ccc4ncc5ccccc5c4c3c2cc1-c1ccccc1. The van der Waals surface area contributed by atoms with Crippen LogP contribution < -0.4 is 10.6 Å². The molecule has 196 valence electrons. The molecule has 8 rings (SSSR count). The average molecular weight is 556 g/mol. The van der Waals surface area contributed by atoms with Crippen LogP contribution >= 0.6 is 7.80 Å². The third kappa shape index (κ3) is 3.98. The van der Waals surface area contributed by atoms with Crippen molar-refractivity contribution in [3.63, 3.8) is 0 Å². The van der Waals surface area contributed by atoms with E-state index in [0.29, 0.717) is 0 Å². The first kappa shape index (κ1) is 24.5. The van der Waals surface area contributed by atoms with Crippen LogP contribution in [0.15, 0.2) is 146 Å². The molecule has 6 aromatic carbocycles. The number of hydrogen-bond acceptors (Lipinski definition) is 3. The van der Waals surface area contributed by atoms with Gasteiger partial charge in [0.1, 0.15) is 0 Å². The molecule has 1 unspecified atom stereocenters. The summed E-state index contributed by atoms with van der Waals surface area (Å²) in [6.45, 7) is 0. The van der Waals surface area contributed by atoms with E-state index < -0.39 is 7.80 Å². The largest absolute Gasteiger partial charge is 0.416 e. The number of nitrogens with zero attached hydrogens (tertiary/aromatic N) is 2. The van der Waals surface area contributed by atoms with Crippen molar-refractivity contribution < 1.29 is 4.57 Å². The lowest BCUT2D eigenvalue weighted by molar-refractivity contribution is 0.598. The normalized spacial score (nSPS) is 11.9. The molecule has 0 amide bonds. The van der Waals surface area contributed by atoms with Gasteiger partial charge in [-0.2, -0.15) is 0 Å². The Balaban J connectivity index is 1.58. The number of rotatable bonds is 4. The van der Waals surface area contributed by atoms with Gasteiger partial charge in [-0.15, -0.1) is 0 Å². The Hall–Kier alpha value is -5.24. The van der Waals surface area contributed by atoms with Crippen LogP contribution in [0.3, 0.4) is 0 Å².